The fourth-order valence-corrected chi connectivity index (χ4v) is 4.60. The van der Waals surface area contributed by atoms with E-state index in [1.807, 2.05) is 36.4 Å². The molecule has 0 saturated carbocycles. The van der Waals surface area contributed by atoms with Gasteiger partial charge < -0.3 is 19.7 Å². The lowest BCUT2D eigenvalue weighted by atomic mass is 10.1. The number of aromatic nitrogens is 2. The summed E-state index contributed by atoms with van der Waals surface area (Å²) >= 11 is 0. The summed E-state index contributed by atoms with van der Waals surface area (Å²) in [5, 5.41) is 3.04. The first-order valence-electron chi connectivity index (χ1n) is 12.3. The molecule has 0 radical (unpaired) electrons. The Morgan fingerprint density at radius 2 is 1.71 bits per heavy atom. The zero-order chi connectivity index (χ0) is 23.9. The summed E-state index contributed by atoms with van der Waals surface area (Å²) in [6.07, 6.45) is 2.14. The van der Waals surface area contributed by atoms with Gasteiger partial charge in [-0.3, -0.25) is 9.59 Å². The molecule has 1 aliphatic heterocycles. The van der Waals surface area contributed by atoms with Gasteiger partial charge in [0, 0.05) is 38.3 Å². The summed E-state index contributed by atoms with van der Waals surface area (Å²) < 4.78 is 1.73. The van der Waals surface area contributed by atoms with Crippen LogP contribution in [0.25, 0.3) is 11.0 Å². The van der Waals surface area contributed by atoms with Gasteiger partial charge in [-0.05, 0) is 56.6 Å². The Kier molecular flexibility index (Phi) is 8.08. The van der Waals surface area contributed by atoms with Gasteiger partial charge in [0.25, 0.3) is 11.5 Å². The van der Waals surface area contributed by atoms with E-state index in [0.717, 1.165) is 50.2 Å². The van der Waals surface area contributed by atoms with Gasteiger partial charge in [0.15, 0.2) is 0 Å². The van der Waals surface area contributed by atoms with Gasteiger partial charge in [-0.15, -0.1) is 0 Å². The van der Waals surface area contributed by atoms with Crippen LogP contribution in [-0.2, 0) is 6.54 Å². The molecule has 7 nitrogen and oxygen atoms in total. The van der Waals surface area contributed by atoms with E-state index in [1.54, 1.807) is 23.6 Å². The number of carbonyl (C=O) groups is 1. The van der Waals surface area contributed by atoms with Crippen molar-refractivity contribution in [3.63, 3.8) is 0 Å². The monoisotopic (exact) mass is 461 g/mol. The number of aryl methyl sites for hydroxylation is 1. The number of hydrogen-bond acceptors (Lipinski definition) is 5. The minimum atomic E-state index is -0.107. The van der Waals surface area contributed by atoms with Crippen molar-refractivity contribution >= 4 is 16.9 Å². The maximum atomic E-state index is 12.8. The topological polar surface area (TPSA) is 70.5 Å². The molecule has 0 unspecified atom stereocenters. The predicted octanol–water partition coefficient (Wildman–Crippen LogP) is 2.90. The summed E-state index contributed by atoms with van der Waals surface area (Å²) in [5.74, 6) is -0.102. The molecule has 0 bridgehead atoms. The summed E-state index contributed by atoms with van der Waals surface area (Å²) in [6.45, 7) is 11.7. The van der Waals surface area contributed by atoms with Crippen molar-refractivity contribution in [3.8, 4) is 0 Å². The largest absolute Gasteiger partial charge is 0.352 e. The van der Waals surface area contributed by atoms with Crippen LogP contribution in [0.3, 0.4) is 0 Å². The highest BCUT2D eigenvalue weighted by molar-refractivity contribution is 5.97. The molecule has 0 aliphatic carbocycles. The first kappa shape index (κ1) is 24.1. The molecule has 1 N–H and O–H groups in total. The van der Waals surface area contributed by atoms with Crippen molar-refractivity contribution in [2.24, 2.45) is 0 Å². The zero-order valence-corrected chi connectivity index (χ0v) is 20.3. The molecule has 0 atom stereocenters. The van der Waals surface area contributed by atoms with Gasteiger partial charge in [-0.25, -0.2) is 4.98 Å². The lowest BCUT2D eigenvalue weighted by Crippen LogP contribution is -2.47. The number of amides is 1. The maximum absolute atomic E-state index is 12.8. The Morgan fingerprint density at radius 1 is 1.00 bits per heavy atom. The minimum absolute atomic E-state index is 0.102. The molecule has 180 valence electrons. The van der Waals surface area contributed by atoms with Gasteiger partial charge in [-0.2, -0.15) is 0 Å². The van der Waals surface area contributed by atoms with E-state index in [4.69, 9.17) is 0 Å². The van der Waals surface area contributed by atoms with Crippen molar-refractivity contribution in [3.05, 3.63) is 75.7 Å². The molecule has 4 rings (SSSR count). The van der Waals surface area contributed by atoms with Crippen LogP contribution in [0.15, 0.2) is 53.3 Å². The molecule has 3 aromatic rings. The first-order valence-corrected chi connectivity index (χ1v) is 12.3. The van der Waals surface area contributed by atoms with Gasteiger partial charge in [0.1, 0.15) is 5.69 Å². The molecule has 1 fully saturated rings. The molecule has 7 heteroatoms. The number of piperazine rings is 1. The molecule has 2 heterocycles. The number of nitrogens with one attached hydrogen (secondary N) is 1. The predicted molar refractivity (Wildman–Crippen MR) is 136 cm³/mol. The summed E-state index contributed by atoms with van der Waals surface area (Å²) in [4.78, 5) is 35.0. The number of carbonyl (C=O) groups excluding carboxylic acids is 1. The second-order valence-corrected chi connectivity index (χ2v) is 9.07. The Labute approximate surface area is 201 Å². The fraction of sp³-hybridized carbons (Fsp3) is 0.444. The third kappa shape index (κ3) is 5.90. The van der Waals surface area contributed by atoms with Crippen molar-refractivity contribution < 1.29 is 4.79 Å². The van der Waals surface area contributed by atoms with E-state index in [1.165, 1.54) is 13.0 Å². The van der Waals surface area contributed by atoms with Gasteiger partial charge in [0.05, 0.1) is 17.6 Å². The molecule has 0 spiro atoms. The van der Waals surface area contributed by atoms with Gasteiger partial charge in [-0.1, -0.05) is 37.3 Å². The fourth-order valence-electron chi connectivity index (χ4n) is 4.60. The minimum Gasteiger partial charge on any atom is -0.352 e. The standard InChI is InChI=1S/C27H35N5O2/c1-3-13-30-15-17-31(18-16-30)14-7-12-28-26(33)23-10-11-25-24(19-23)29-21(2)27(34)32(25)20-22-8-5-4-6-9-22/h4-6,8-11,19H,3,7,12-18,20H2,1-2H3,(H,28,33). The van der Waals surface area contributed by atoms with Crippen molar-refractivity contribution in [1.82, 2.24) is 24.7 Å². The number of nitrogens with zero attached hydrogens (tertiary/aromatic N) is 4. The van der Waals surface area contributed by atoms with Crippen molar-refractivity contribution in [1.29, 1.82) is 0 Å². The smallest absolute Gasteiger partial charge is 0.272 e. The Morgan fingerprint density at radius 3 is 2.41 bits per heavy atom. The third-order valence-corrected chi connectivity index (χ3v) is 6.50. The molecule has 1 aliphatic rings. The third-order valence-electron chi connectivity index (χ3n) is 6.50. The molecular weight excluding hydrogens is 426 g/mol. The van der Waals surface area contributed by atoms with E-state index >= 15 is 0 Å². The summed E-state index contributed by atoms with van der Waals surface area (Å²) in [7, 11) is 0. The summed E-state index contributed by atoms with van der Waals surface area (Å²) in [5.41, 5.74) is 3.33. The van der Waals surface area contributed by atoms with Crippen LogP contribution in [0, 0.1) is 6.92 Å². The van der Waals surface area contributed by atoms with E-state index in [2.05, 4.69) is 27.0 Å². The zero-order valence-electron chi connectivity index (χ0n) is 20.3. The number of fused-ring (bicyclic) bond motifs is 1. The maximum Gasteiger partial charge on any atom is 0.272 e. The Hall–Kier alpha value is -3.03. The van der Waals surface area contributed by atoms with Crippen LogP contribution in [0.2, 0.25) is 0 Å². The van der Waals surface area contributed by atoms with Crippen LogP contribution < -0.4 is 10.9 Å². The second kappa shape index (κ2) is 11.4. The molecule has 1 saturated heterocycles. The molecule has 1 amide bonds. The molecule has 34 heavy (non-hydrogen) atoms. The van der Waals surface area contributed by atoms with Crippen LogP contribution in [-0.4, -0.2) is 71.1 Å². The van der Waals surface area contributed by atoms with E-state index in [0.29, 0.717) is 29.9 Å². The van der Waals surface area contributed by atoms with Gasteiger partial charge in [0.2, 0.25) is 0 Å². The Balaban J connectivity index is 1.36. The lowest BCUT2D eigenvalue weighted by molar-refractivity contribution is 0.0948. The van der Waals surface area contributed by atoms with E-state index in [9.17, 15) is 9.59 Å². The quantitative estimate of drug-likeness (QED) is 0.496. The average Bonchev–Trinajstić information content (AvgIpc) is 2.86. The van der Waals surface area contributed by atoms with Crippen LogP contribution in [0.5, 0.6) is 0 Å². The molecular formula is C27H35N5O2. The number of rotatable bonds is 9. The highest BCUT2D eigenvalue weighted by Gasteiger charge is 2.16. The second-order valence-electron chi connectivity index (χ2n) is 9.07. The Bertz CT molecular complexity index is 1170. The van der Waals surface area contributed by atoms with Crippen LogP contribution >= 0.6 is 0 Å². The highest BCUT2D eigenvalue weighted by atomic mass is 16.1. The van der Waals surface area contributed by atoms with Crippen LogP contribution in [0.1, 0.15) is 41.4 Å². The normalized spacial score (nSPS) is 15.0. The van der Waals surface area contributed by atoms with Crippen molar-refractivity contribution in [2.45, 2.75) is 33.2 Å². The first-order chi connectivity index (χ1) is 16.5. The van der Waals surface area contributed by atoms with E-state index in [-0.39, 0.29) is 11.5 Å². The number of hydrogen-bond donors (Lipinski definition) is 1. The van der Waals surface area contributed by atoms with Gasteiger partial charge >= 0.3 is 0 Å². The average molecular weight is 462 g/mol. The lowest BCUT2D eigenvalue weighted by Gasteiger charge is -2.34. The van der Waals surface area contributed by atoms with Crippen LogP contribution in [0.4, 0.5) is 0 Å². The number of benzene rings is 2. The molecule has 1 aromatic heterocycles. The summed E-state index contributed by atoms with van der Waals surface area (Å²) in [6, 6.07) is 15.3. The van der Waals surface area contributed by atoms with Crippen molar-refractivity contribution in [2.75, 3.05) is 45.8 Å². The molecule has 2 aromatic carbocycles. The SMILES string of the molecule is CCCN1CCN(CCCNC(=O)c2ccc3c(c2)nc(C)c(=O)n3Cc2ccccc2)CC1. The highest BCUT2D eigenvalue weighted by Crippen LogP contribution is 2.15. The van der Waals surface area contributed by atoms with E-state index < -0.39 is 0 Å².